The second-order valence-electron chi connectivity index (χ2n) is 8.68. The molecular weight excluding hydrogens is 502 g/mol. The van der Waals surface area contributed by atoms with E-state index in [4.69, 9.17) is 25.6 Å². The minimum Gasteiger partial charge on any atom is -0.494 e. The smallest absolute Gasteiger partial charge is 0.336 e. The highest BCUT2D eigenvalue weighted by Gasteiger charge is 2.54. The second-order valence-corrected chi connectivity index (χ2v) is 8.68. The molecule has 0 saturated heterocycles. The normalized spacial score (nSPS) is 17.8. The van der Waals surface area contributed by atoms with Crippen LogP contribution in [-0.4, -0.2) is 40.8 Å². The molecule has 0 radical (unpaired) electrons. The number of carboxylic acid groups (broad SMARTS) is 1. The minimum atomic E-state index is -1.83. The van der Waals surface area contributed by atoms with Gasteiger partial charge >= 0.3 is 5.97 Å². The van der Waals surface area contributed by atoms with Gasteiger partial charge in [0.2, 0.25) is 11.4 Å². The Balaban J connectivity index is 1.82. The van der Waals surface area contributed by atoms with Gasteiger partial charge < -0.3 is 19.7 Å². The highest BCUT2D eigenvalue weighted by atomic mass is 16.5. The van der Waals surface area contributed by atoms with Gasteiger partial charge in [-0.15, -0.1) is 0 Å². The van der Waals surface area contributed by atoms with Crippen molar-refractivity contribution in [2.45, 2.75) is 31.0 Å². The lowest BCUT2D eigenvalue weighted by atomic mass is 9.81. The average Bonchev–Trinajstić information content (AvgIpc) is 3.34. The maximum Gasteiger partial charge on any atom is 0.336 e. The first-order valence-corrected chi connectivity index (χ1v) is 12.1. The predicted octanol–water partition coefficient (Wildman–Crippen LogP) is 5.78. The predicted molar refractivity (Wildman–Crippen MR) is 143 cm³/mol. The first kappa shape index (κ1) is 27.0. The fourth-order valence-electron chi connectivity index (χ4n) is 4.38. The third kappa shape index (κ3) is 5.94. The molecule has 1 heterocycles. The zero-order valence-electron chi connectivity index (χ0n) is 20.8. The first-order chi connectivity index (χ1) is 19.0. The van der Waals surface area contributed by atoms with Crippen molar-refractivity contribution in [1.82, 2.24) is 0 Å². The fraction of sp³-hybridized carbons (Fsp3) is 0.259. The number of carboxylic acids is 1. The van der Waals surface area contributed by atoms with Crippen LogP contribution < -0.4 is 4.74 Å². The molecule has 2 atom stereocenters. The van der Waals surface area contributed by atoms with Gasteiger partial charge in [0.25, 0.3) is 0 Å². The quantitative estimate of drug-likeness (QED) is 0.130. The summed E-state index contributed by atoms with van der Waals surface area (Å²) in [6.07, 6.45) is -0.730. The van der Waals surface area contributed by atoms with Crippen molar-refractivity contribution in [3.05, 3.63) is 116 Å². The number of carbonyl (C=O) groups is 1. The zero-order chi connectivity index (χ0) is 27.7. The Hall–Kier alpha value is -5.02. The Labute approximate surface area is 223 Å². The maximum absolute atomic E-state index is 13.1. The number of benzene rings is 3. The van der Waals surface area contributed by atoms with E-state index in [9.17, 15) is 9.90 Å². The molecule has 4 rings (SSSR count). The Morgan fingerprint density at radius 2 is 1.74 bits per heavy atom. The van der Waals surface area contributed by atoms with Gasteiger partial charge in [-0.25, -0.2) is 9.79 Å². The van der Waals surface area contributed by atoms with E-state index >= 15 is 0 Å². The summed E-state index contributed by atoms with van der Waals surface area (Å²) in [5.74, 6) is -0.542. The van der Waals surface area contributed by atoms with E-state index in [1.807, 2.05) is 0 Å². The topological polar surface area (TPSA) is 186 Å². The molecule has 12 heteroatoms. The number of aliphatic carboxylic acids is 1. The highest BCUT2D eigenvalue weighted by molar-refractivity contribution is 5.99. The molecule has 198 valence electrons. The van der Waals surface area contributed by atoms with Gasteiger partial charge in [-0.2, -0.15) is 0 Å². The molecule has 12 nitrogen and oxygen atoms in total. The van der Waals surface area contributed by atoms with Gasteiger partial charge in [0.1, 0.15) is 5.75 Å². The summed E-state index contributed by atoms with van der Waals surface area (Å²) >= 11 is 0. The summed E-state index contributed by atoms with van der Waals surface area (Å²) < 4.78 is 11.9. The first-order valence-electron chi connectivity index (χ1n) is 12.1. The van der Waals surface area contributed by atoms with Gasteiger partial charge in [-0.05, 0) is 52.0 Å². The van der Waals surface area contributed by atoms with E-state index in [0.717, 1.165) is 0 Å². The van der Waals surface area contributed by atoms with E-state index in [1.165, 1.54) is 0 Å². The zero-order valence-corrected chi connectivity index (χ0v) is 20.8. The Morgan fingerprint density at radius 3 is 2.44 bits per heavy atom. The largest absolute Gasteiger partial charge is 0.494 e. The van der Waals surface area contributed by atoms with E-state index in [2.05, 4.69) is 25.0 Å². The number of aliphatic imine (C=N–C) groups is 1. The van der Waals surface area contributed by atoms with Crippen LogP contribution in [0.4, 0.5) is 5.69 Å². The number of rotatable bonds is 12. The number of hydrogen-bond donors (Lipinski definition) is 2. The van der Waals surface area contributed by atoms with Crippen LogP contribution in [-0.2, 0) is 22.5 Å². The summed E-state index contributed by atoms with van der Waals surface area (Å²) in [6.45, 7) is 0.363. The van der Waals surface area contributed by atoms with E-state index in [-0.39, 0.29) is 31.2 Å². The number of hydrogen-bond acceptors (Lipinski definition) is 7. The van der Waals surface area contributed by atoms with Crippen molar-refractivity contribution < 1.29 is 24.5 Å². The van der Waals surface area contributed by atoms with E-state index in [0.29, 0.717) is 41.0 Å². The molecule has 0 amide bonds. The Morgan fingerprint density at radius 1 is 1.03 bits per heavy atom. The average molecular weight is 528 g/mol. The third-order valence-corrected chi connectivity index (χ3v) is 6.25. The lowest BCUT2D eigenvalue weighted by Gasteiger charge is -2.29. The summed E-state index contributed by atoms with van der Waals surface area (Å²) in [4.78, 5) is 23.4. The maximum atomic E-state index is 13.1. The SMILES string of the molecule is [N-]=[N+]=NCc1ccccc1[C@@H]1OC(c2ccc(OCCCO)cc2)=N[C@]1(Cc1ccccc1N=[N+]=[N-])C(=O)O. The molecule has 0 aromatic heterocycles. The summed E-state index contributed by atoms with van der Waals surface area (Å²) in [5, 5.41) is 27.0. The molecule has 2 N–H and O–H groups in total. The monoisotopic (exact) mass is 527 g/mol. The molecule has 0 bridgehead atoms. The molecule has 0 spiro atoms. The number of ether oxygens (including phenoxy) is 2. The van der Waals surface area contributed by atoms with Crippen molar-refractivity contribution in [3.8, 4) is 5.75 Å². The lowest BCUT2D eigenvalue weighted by molar-refractivity contribution is -0.146. The molecule has 3 aromatic rings. The second kappa shape index (κ2) is 12.5. The van der Waals surface area contributed by atoms with Crippen molar-refractivity contribution in [3.63, 3.8) is 0 Å². The molecule has 0 saturated carbocycles. The van der Waals surface area contributed by atoms with E-state index < -0.39 is 17.6 Å². The van der Waals surface area contributed by atoms with Gasteiger partial charge in [-0.1, -0.05) is 58.8 Å². The number of azide groups is 2. The summed E-state index contributed by atoms with van der Waals surface area (Å²) in [6, 6.07) is 20.5. The molecule has 0 unspecified atom stereocenters. The van der Waals surface area contributed by atoms with E-state index in [1.54, 1.807) is 72.8 Å². The van der Waals surface area contributed by atoms with Crippen LogP contribution in [0.3, 0.4) is 0 Å². The fourth-order valence-corrected chi connectivity index (χ4v) is 4.38. The van der Waals surface area contributed by atoms with Crippen molar-refractivity contribution >= 4 is 17.6 Å². The molecule has 3 aromatic carbocycles. The Kier molecular flexibility index (Phi) is 8.65. The summed E-state index contributed by atoms with van der Waals surface area (Å²) in [5.41, 5.74) is 18.5. The number of aliphatic hydroxyl groups excluding tert-OH is 1. The molecule has 0 fully saturated rings. The van der Waals surface area contributed by atoms with Gasteiger partial charge in [-0.3, -0.25) is 0 Å². The van der Waals surface area contributed by atoms with Crippen LogP contribution in [0, 0.1) is 0 Å². The number of nitrogens with zero attached hydrogens (tertiary/aromatic N) is 7. The summed E-state index contributed by atoms with van der Waals surface area (Å²) in [7, 11) is 0. The van der Waals surface area contributed by atoms with Crippen molar-refractivity contribution in [1.29, 1.82) is 0 Å². The van der Waals surface area contributed by atoms with Crippen LogP contribution in [0.1, 0.15) is 34.8 Å². The standard InChI is InChI=1S/C27H25N7O5/c28-33-30-17-20-7-1-3-8-22(20)24-27(26(36)37,16-19-6-2-4-9-23(19)32-34-29)31-25(39-24)18-10-12-21(13-11-18)38-15-5-14-35/h1-4,6-13,24,35H,5,14-17H2,(H,36,37)/t24-,27-/m0/s1. The molecular formula is C27H25N7O5. The Bertz CT molecular complexity index is 1460. The van der Waals surface area contributed by atoms with Crippen molar-refractivity contribution in [2.24, 2.45) is 15.2 Å². The van der Waals surface area contributed by atoms with Crippen LogP contribution in [0.5, 0.6) is 5.75 Å². The van der Waals surface area contributed by atoms with Gasteiger partial charge in [0.05, 0.1) is 13.2 Å². The van der Waals surface area contributed by atoms with Crippen LogP contribution in [0.2, 0.25) is 0 Å². The molecule has 1 aliphatic rings. The number of aliphatic hydroxyl groups is 1. The molecule has 1 aliphatic heterocycles. The minimum absolute atomic E-state index is 0.00719. The molecule has 0 aliphatic carbocycles. The van der Waals surface area contributed by atoms with Crippen LogP contribution in [0.15, 0.2) is 88.0 Å². The van der Waals surface area contributed by atoms with Gasteiger partial charge in [0, 0.05) is 40.5 Å². The van der Waals surface area contributed by atoms with Crippen LogP contribution >= 0.6 is 0 Å². The lowest BCUT2D eigenvalue weighted by Crippen LogP contribution is -2.43. The highest BCUT2D eigenvalue weighted by Crippen LogP contribution is 2.44. The van der Waals surface area contributed by atoms with Gasteiger partial charge in [0.15, 0.2) is 6.10 Å². The van der Waals surface area contributed by atoms with Crippen molar-refractivity contribution in [2.75, 3.05) is 13.2 Å². The van der Waals surface area contributed by atoms with Crippen LogP contribution in [0.25, 0.3) is 20.9 Å². The third-order valence-electron chi connectivity index (χ3n) is 6.25. The molecule has 39 heavy (non-hydrogen) atoms.